The summed E-state index contributed by atoms with van der Waals surface area (Å²) in [5, 5.41) is 5.61. The van der Waals surface area contributed by atoms with Gasteiger partial charge >= 0.3 is 0 Å². The molecular formula is C13H17N3S. The zero-order chi connectivity index (χ0) is 12.1. The second-order valence-electron chi connectivity index (χ2n) is 3.97. The van der Waals surface area contributed by atoms with E-state index < -0.39 is 0 Å². The van der Waals surface area contributed by atoms with Gasteiger partial charge in [0.25, 0.3) is 0 Å². The molecule has 1 N–H and O–H groups in total. The van der Waals surface area contributed by atoms with Crippen LogP contribution in [0.2, 0.25) is 0 Å². The van der Waals surface area contributed by atoms with E-state index in [1.54, 1.807) is 18.1 Å². The van der Waals surface area contributed by atoms with Crippen molar-refractivity contribution >= 4 is 22.7 Å². The summed E-state index contributed by atoms with van der Waals surface area (Å²) in [6.07, 6.45) is 1.64. The Morgan fingerprint density at radius 1 is 1.29 bits per heavy atom. The summed E-state index contributed by atoms with van der Waals surface area (Å²) in [5.74, 6) is 1.02. The second-order valence-corrected chi connectivity index (χ2v) is 4.97. The Morgan fingerprint density at radius 3 is 2.94 bits per heavy atom. The third kappa shape index (κ3) is 3.17. The molecule has 2 aromatic rings. The quantitative estimate of drug-likeness (QED) is 0.651. The lowest BCUT2D eigenvalue weighted by Crippen LogP contribution is -2.27. The molecule has 0 bridgehead atoms. The van der Waals surface area contributed by atoms with E-state index in [-0.39, 0.29) is 0 Å². The summed E-state index contributed by atoms with van der Waals surface area (Å²) in [6.45, 7) is 5.33. The lowest BCUT2D eigenvalue weighted by molar-refractivity contribution is 0.620. The molecule has 4 heteroatoms. The highest BCUT2D eigenvalue weighted by molar-refractivity contribution is 7.99. The monoisotopic (exact) mass is 247 g/mol. The largest absolute Gasteiger partial charge is 0.314 e. The van der Waals surface area contributed by atoms with Gasteiger partial charge in [0.2, 0.25) is 0 Å². The first kappa shape index (κ1) is 12.3. The van der Waals surface area contributed by atoms with Crippen molar-refractivity contribution in [3.05, 3.63) is 30.6 Å². The molecule has 2 rings (SSSR count). The highest BCUT2D eigenvalue weighted by atomic mass is 32.2. The van der Waals surface area contributed by atoms with Gasteiger partial charge in [-0.3, -0.25) is 0 Å². The molecule has 1 unspecified atom stereocenters. The Balaban J connectivity index is 2.13. The summed E-state index contributed by atoms with van der Waals surface area (Å²) in [6, 6.07) is 8.64. The third-order valence-electron chi connectivity index (χ3n) is 2.53. The Bertz CT molecular complexity index is 482. The Hall–Kier alpha value is -1.13. The molecule has 90 valence electrons. The molecule has 0 aliphatic heterocycles. The molecule has 0 saturated carbocycles. The van der Waals surface area contributed by atoms with E-state index in [1.807, 2.05) is 18.2 Å². The lowest BCUT2D eigenvalue weighted by atomic mass is 10.2. The predicted molar refractivity (Wildman–Crippen MR) is 73.4 cm³/mol. The van der Waals surface area contributed by atoms with Crippen LogP contribution in [0.3, 0.4) is 0 Å². The van der Waals surface area contributed by atoms with Gasteiger partial charge in [-0.15, -0.1) is 11.8 Å². The Labute approximate surface area is 106 Å². The Kier molecular flexibility index (Phi) is 4.34. The fraction of sp³-hybridized carbons (Fsp3) is 0.385. The molecule has 1 atom stereocenters. The number of nitrogens with zero attached hydrogens (tertiary/aromatic N) is 2. The number of para-hydroxylation sites is 1. The van der Waals surface area contributed by atoms with E-state index in [4.69, 9.17) is 0 Å². The highest BCUT2D eigenvalue weighted by Crippen LogP contribution is 2.24. The maximum atomic E-state index is 4.36. The van der Waals surface area contributed by atoms with Crippen molar-refractivity contribution in [2.75, 3.05) is 12.3 Å². The minimum Gasteiger partial charge on any atom is -0.314 e. The summed E-state index contributed by atoms with van der Waals surface area (Å²) < 4.78 is 0. The van der Waals surface area contributed by atoms with E-state index in [2.05, 4.69) is 35.2 Å². The van der Waals surface area contributed by atoms with Crippen LogP contribution in [0.15, 0.2) is 35.6 Å². The van der Waals surface area contributed by atoms with E-state index in [0.717, 1.165) is 28.2 Å². The number of thioether (sulfide) groups is 1. The molecule has 1 heterocycles. The van der Waals surface area contributed by atoms with Crippen LogP contribution in [0.25, 0.3) is 10.9 Å². The van der Waals surface area contributed by atoms with Gasteiger partial charge in [-0.1, -0.05) is 25.1 Å². The highest BCUT2D eigenvalue weighted by Gasteiger charge is 2.06. The smallest absolute Gasteiger partial charge is 0.117 e. The van der Waals surface area contributed by atoms with Crippen LogP contribution in [0.1, 0.15) is 13.8 Å². The van der Waals surface area contributed by atoms with Gasteiger partial charge in [0.1, 0.15) is 11.4 Å². The fourth-order valence-electron chi connectivity index (χ4n) is 1.71. The van der Waals surface area contributed by atoms with Crippen molar-refractivity contribution in [1.82, 2.24) is 15.3 Å². The van der Waals surface area contributed by atoms with Crippen molar-refractivity contribution in [3.8, 4) is 0 Å². The van der Waals surface area contributed by atoms with Crippen molar-refractivity contribution < 1.29 is 0 Å². The first-order chi connectivity index (χ1) is 8.31. The molecule has 1 aromatic carbocycles. The summed E-state index contributed by atoms with van der Waals surface area (Å²) in [7, 11) is 0. The number of aromatic nitrogens is 2. The molecule has 0 aliphatic rings. The maximum absolute atomic E-state index is 4.36. The molecule has 1 aromatic heterocycles. The van der Waals surface area contributed by atoms with Crippen molar-refractivity contribution in [2.24, 2.45) is 0 Å². The van der Waals surface area contributed by atoms with Crippen LogP contribution in [0.4, 0.5) is 0 Å². The number of hydrogen-bond donors (Lipinski definition) is 1. The molecule has 0 fully saturated rings. The average Bonchev–Trinajstić information content (AvgIpc) is 2.36. The van der Waals surface area contributed by atoms with Gasteiger partial charge in [-0.2, -0.15) is 0 Å². The standard InChI is InChI=1S/C13H17N3S/c1-3-14-10(2)8-17-13-11-6-4-5-7-12(11)15-9-16-13/h4-7,9-10,14H,3,8H2,1-2H3. The van der Waals surface area contributed by atoms with Crippen molar-refractivity contribution in [3.63, 3.8) is 0 Å². The van der Waals surface area contributed by atoms with Crippen LogP contribution in [-0.2, 0) is 0 Å². The molecule has 0 aliphatic carbocycles. The van der Waals surface area contributed by atoms with Crippen molar-refractivity contribution in [1.29, 1.82) is 0 Å². The van der Waals surface area contributed by atoms with Gasteiger partial charge in [0.15, 0.2) is 0 Å². The van der Waals surface area contributed by atoms with E-state index in [1.165, 1.54) is 0 Å². The Morgan fingerprint density at radius 2 is 2.12 bits per heavy atom. The van der Waals surface area contributed by atoms with Gasteiger partial charge in [-0.05, 0) is 19.5 Å². The van der Waals surface area contributed by atoms with E-state index >= 15 is 0 Å². The predicted octanol–water partition coefficient (Wildman–Crippen LogP) is 2.72. The zero-order valence-electron chi connectivity index (χ0n) is 10.2. The average molecular weight is 247 g/mol. The summed E-state index contributed by atoms with van der Waals surface area (Å²) in [5.41, 5.74) is 1.01. The van der Waals surface area contributed by atoms with Gasteiger partial charge in [0, 0.05) is 17.2 Å². The van der Waals surface area contributed by atoms with Crippen LogP contribution >= 0.6 is 11.8 Å². The van der Waals surface area contributed by atoms with E-state index in [0.29, 0.717) is 6.04 Å². The SMILES string of the molecule is CCNC(C)CSc1ncnc2ccccc12. The molecule has 0 radical (unpaired) electrons. The summed E-state index contributed by atoms with van der Waals surface area (Å²) >= 11 is 1.78. The van der Waals surface area contributed by atoms with Crippen LogP contribution in [-0.4, -0.2) is 28.3 Å². The van der Waals surface area contributed by atoms with E-state index in [9.17, 15) is 0 Å². The van der Waals surface area contributed by atoms with Gasteiger partial charge < -0.3 is 5.32 Å². The third-order valence-corrected chi connectivity index (χ3v) is 3.79. The number of rotatable bonds is 5. The molecule has 3 nitrogen and oxygen atoms in total. The van der Waals surface area contributed by atoms with Crippen LogP contribution in [0.5, 0.6) is 0 Å². The van der Waals surface area contributed by atoms with Crippen LogP contribution in [0, 0.1) is 0 Å². The molecule has 0 saturated heterocycles. The molecule has 0 spiro atoms. The lowest BCUT2D eigenvalue weighted by Gasteiger charge is -2.11. The maximum Gasteiger partial charge on any atom is 0.117 e. The number of hydrogen-bond acceptors (Lipinski definition) is 4. The molecule has 17 heavy (non-hydrogen) atoms. The first-order valence-electron chi connectivity index (χ1n) is 5.87. The van der Waals surface area contributed by atoms with Gasteiger partial charge in [-0.25, -0.2) is 9.97 Å². The molecule has 0 amide bonds. The van der Waals surface area contributed by atoms with Gasteiger partial charge in [0.05, 0.1) is 5.52 Å². The van der Waals surface area contributed by atoms with Crippen molar-refractivity contribution in [2.45, 2.75) is 24.9 Å². The second kappa shape index (κ2) is 5.98. The number of nitrogens with one attached hydrogen (secondary N) is 1. The topological polar surface area (TPSA) is 37.8 Å². The first-order valence-corrected chi connectivity index (χ1v) is 6.85. The zero-order valence-corrected chi connectivity index (χ0v) is 11.0. The summed E-state index contributed by atoms with van der Waals surface area (Å²) in [4.78, 5) is 8.63. The normalized spacial score (nSPS) is 12.8. The van der Waals surface area contributed by atoms with Crippen LogP contribution < -0.4 is 5.32 Å². The molecular weight excluding hydrogens is 230 g/mol. The number of fused-ring (bicyclic) bond motifs is 1. The fourth-order valence-corrected chi connectivity index (χ4v) is 2.68. The minimum atomic E-state index is 0.499. The number of benzene rings is 1. The minimum absolute atomic E-state index is 0.499.